The summed E-state index contributed by atoms with van der Waals surface area (Å²) < 4.78 is 5.85. The van der Waals surface area contributed by atoms with Gasteiger partial charge in [-0.1, -0.05) is 37.0 Å². The Morgan fingerprint density at radius 1 is 1.19 bits per heavy atom. The Hall–Kier alpha value is -0.440. The van der Waals surface area contributed by atoms with E-state index in [9.17, 15) is 0 Å². The molecule has 16 heavy (non-hydrogen) atoms. The van der Waals surface area contributed by atoms with E-state index in [2.05, 4.69) is 19.2 Å². The van der Waals surface area contributed by atoms with E-state index in [0.717, 1.165) is 6.54 Å². The van der Waals surface area contributed by atoms with Crippen LogP contribution in [0.2, 0.25) is 10.0 Å². The van der Waals surface area contributed by atoms with E-state index in [1.807, 2.05) is 7.05 Å². The monoisotopic (exact) mass is 261 g/mol. The van der Waals surface area contributed by atoms with Gasteiger partial charge in [0.25, 0.3) is 0 Å². The minimum absolute atomic E-state index is 0.111. The second-order valence-electron chi connectivity index (χ2n) is 4.06. The van der Waals surface area contributed by atoms with Crippen LogP contribution in [0, 0.1) is 5.92 Å². The van der Waals surface area contributed by atoms with E-state index in [4.69, 9.17) is 27.9 Å². The van der Waals surface area contributed by atoms with E-state index in [-0.39, 0.29) is 6.10 Å². The average Bonchev–Trinajstić information content (AvgIpc) is 2.15. The zero-order valence-corrected chi connectivity index (χ0v) is 11.3. The lowest BCUT2D eigenvalue weighted by molar-refractivity contribution is 0.151. The summed E-state index contributed by atoms with van der Waals surface area (Å²) in [7, 11) is 1.91. The molecule has 0 saturated carbocycles. The molecule has 0 aliphatic rings. The van der Waals surface area contributed by atoms with Crippen LogP contribution in [0.1, 0.15) is 13.8 Å². The zero-order chi connectivity index (χ0) is 12.1. The van der Waals surface area contributed by atoms with Crippen molar-refractivity contribution in [2.45, 2.75) is 20.0 Å². The molecule has 0 spiro atoms. The SMILES string of the molecule is CNCC(Oc1cc(Cl)cc(Cl)c1)C(C)C. The molecule has 2 nitrogen and oxygen atoms in total. The quantitative estimate of drug-likeness (QED) is 0.875. The summed E-state index contributed by atoms with van der Waals surface area (Å²) in [6.07, 6.45) is 0.111. The van der Waals surface area contributed by atoms with E-state index in [1.54, 1.807) is 18.2 Å². The molecular weight excluding hydrogens is 245 g/mol. The molecule has 1 atom stereocenters. The summed E-state index contributed by atoms with van der Waals surface area (Å²) in [6.45, 7) is 5.03. The predicted octanol–water partition coefficient (Wildman–Crippen LogP) is 3.62. The summed E-state index contributed by atoms with van der Waals surface area (Å²) in [5.41, 5.74) is 0. The van der Waals surface area contributed by atoms with Crippen molar-refractivity contribution in [3.05, 3.63) is 28.2 Å². The number of halogens is 2. The topological polar surface area (TPSA) is 21.3 Å². The highest BCUT2D eigenvalue weighted by atomic mass is 35.5. The lowest BCUT2D eigenvalue weighted by atomic mass is 10.1. The molecule has 0 bridgehead atoms. The molecule has 90 valence electrons. The van der Waals surface area contributed by atoms with Gasteiger partial charge in [-0.3, -0.25) is 0 Å². The maximum Gasteiger partial charge on any atom is 0.122 e. The Bertz CT molecular complexity index is 322. The van der Waals surface area contributed by atoms with Gasteiger partial charge in [-0.05, 0) is 31.2 Å². The van der Waals surface area contributed by atoms with Crippen molar-refractivity contribution in [1.29, 1.82) is 0 Å². The molecule has 0 aliphatic heterocycles. The molecule has 1 aromatic carbocycles. The number of benzene rings is 1. The second-order valence-corrected chi connectivity index (χ2v) is 4.94. The Morgan fingerprint density at radius 2 is 1.75 bits per heavy atom. The van der Waals surface area contributed by atoms with Gasteiger partial charge in [0.1, 0.15) is 11.9 Å². The first kappa shape index (κ1) is 13.6. The van der Waals surface area contributed by atoms with Crippen LogP contribution in [-0.2, 0) is 0 Å². The number of ether oxygens (including phenoxy) is 1. The fourth-order valence-electron chi connectivity index (χ4n) is 1.39. The summed E-state index contributed by atoms with van der Waals surface area (Å²) in [4.78, 5) is 0. The minimum Gasteiger partial charge on any atom is -0.489 e. The summed E-state index contributed by atoms with van der Waals surface area (Å²) in [5.74, 6) is 1.14. The van der Waals surface area contributed by atoms with Crippen molar-refractivity contribution >= 4 is 23.2 Å². The summed E-state index contributed by atoms with van der Waals surface area (Å²) in [6, 6.07) is 5.25. The molecule has 1 unspecified atom stereocenters. The fraction of sp³-hybridized carbons (Fsp3) is 0.500. The molecule has 0 aromatic heterocycles. The molecule has 0 aliphatic carbocycles. The standard InChI is InChI=1S/C12H17Cl2NO/c1-8(2)12(7-15-3)16-11-5-9(13)4-10(14)6-11/h4-6,8,12,15H,7H2,1-3H3. The molecule has 0 radical (unpaired) electrons. The lowest BCUT2D eigenvalue weighted by Crippen LogP contribution is -2.33. The number of hydrogen-bond acceptors (Lipinski definition) is 2. The number of rotatable bonds is 5. The molecule has 1 N–H and O–H groups in total. The highest BCUT2D eigenvalue weighted by Crippen LogP contribution is 2.25. The van der Waals surface area contributed by atoms with Crippen molar-refractivity contribution in [3.63, 3.8) is 0 Å². The normalized spacial score (nSPS) is 12.9. The third kappa shape index (κ3) is 4.20. The van der Waals surface area contributed by atoms with Crippen molar-refractivity contribution in [2.75, 3.05) is 13.6 Å². The molecular formula is C12H17Cl2NO. The predicted molar refractivity (Wildman–Crippen MR) is 69.6 cm³/mol. The molecule has 0 saturated heterocycles. The van der Waals surface area contributed by atoms with Crippen LogP contribution in [0.25, 0.3) is 0 Å². The molecule has 0 heterocycles. The molecule has 0 amide bonds. The third-order valence-electron chi connectivity index (χ3n) is 2.27. The highest BCUT2D eigenvalue weighted by molar-refractivity contribution is 6.34. The molecule has 4 heteroatoms. The van der Waals surface area contributed by atoms with Crippen LogP contribution in [0.3, 0.4) is 0 Å². The van der Waals surface area contributed by atoms with Gasteiger partial charge < -0.3 is 10.1 Å². The Kier molecular flexibility index (Phi) is 5.39. The van der Waals surface area contributed by atoms with Gasteiger partial charge in [0.15, 0.2) is 0 Å². The van der Waals surface area contributed by atoms with Gasteiger partial charge in [0, 0.05) is 16.6 Å². The van der Waals surface area contributed by atoms with Gasteiger partial charge in [-0.15, -0.1) is 0 Å². The first-order valence-electron chi connectivity index (χ1n) is 5.30. The zero-order valence-electron chi connectivity index (χ0n) is 9.76. The first-order valence-corrected chi connectivity index (χ1v) is 6.06. The Balaban J connectivity index is 2.76. The first-order chi connectivity index (χ1) is 7.52. The van der Waals surface area contributed by atoms with E-state index < -0.39 is 0 Å². The van der Waals surface area contributed by atoms with Crippen LogP contribution >= 0.6 is 23.2 Å². The van der Waals surface area contributed by atoms with Gasteiger partial charge in [-0.25, -0.2) is 0 Å². The number of likely N-dealkylation sites (N-methyl/N-ethyl adjacent to an activating group) is 1. The minimum atomic E-state index is 0.111. The van der Waals surface area contributed by atoms with Crippen LogP contribution in [0.4, 0.5) is 0 Å². The van der Waals surface area contributed by atoms with E-state index in [1.165, 1.54) is 0 Å². The van der Waals surface area contributed by atoms with Gasteiger partial charge in [0.05, 0.1) is 0 Å². The van der Waals surface area contributed by atoms with Crippen LogP contribution in [0.5, 0.6) is 5.75 Å². The van der Waals surface area contributed by atoms with Crippen LogP contribution in [0.15, 0.2) is 18.2 Å². The summed E-state index contributed by atoms with van der Waals surface area (Å²) in [5, 5.41) is 4.29. The van der Waals surface area contributed by atoms with Crippen LogP contribution < -0.4 is 10.1 Å². The maximum atomic E-state index is 5.91. The smallest absolute Gasteiger partial charge is 0.122 e. The van der Waals surface area contributed by atoms with E-state index in [0.29, 0.717) is 21.7 Å². The largest absolute Gasteiger partial charge is 0.489 e. The lowest BCUT2D eigenvalue weighted by Gasteiger charge is -2.22. The molecule has 1 aromatic rings. The number of nitrogens with one attached hydrogen (secondary N) is 1. The van der Waals surface area contributed by atoms with Crippen molar-refractivity contribution in [2.24, 2.45) is 5.92 Å². The second kappa shape index (κ2) is 6.33. The fourth-order valence-corrected chi connectivity index (χ4v) is 1.89. The Labute approximate surface area is 107 Å². The van der Waals surface area contributed by atoms with Gasteiger partial charge in [0.2, 0.25) is 0 Å². The van der Waals surface area contributed by atoms with Gasteiger partial charge in [-0.2, -0.15) is 0 Å². The highest BCUT2D eigenvalue weighted by Gasteiger charge is 2.14. The number of hydrogen-bond donors (Lipinski definition) is 1. The van der Waals surface area contributed by atoms with Crippen LogP contribution in [-0.4, -0.2) is 19.7 Å². The average molecular weight is 262 g/mol. The summed E-state index contributed by atoms with van der Waals surface area (Å²) >= 11 is 11.8. The van der Waals surface area contributed by atoms with Gasteiger partial charge >= 0.3 is 0 Å². The van der Waals surface area contributed by atoms with Crippen molar-refractivity contribution < 1.29 is 4.74 Å². The third-order valence-corrected chi connectivity index (χ3v) is 2.71. The maximum absolute atomic E-state index is 5.91. The van der Waals surface area contributed by atoms with Crippen molar-refractivity contribution in [1.82, 2.24) is 5.32 Å². The Morgan fingerprint density at radius 3 is 2.19 bits per heavy atom. The van der Waals surface area contributed by atoms with E-state index >= 15 is 0 Å². The molecule has 1 rings (SSSR count). The molecule has 0 fully saturated rings. The van der Waals surface area contributed by atoms with Crippen molar-refractivity contribution in [3.8, 4) is 5.75 Å².